The highest BCUT2D eigenvalue weighted by Crippen LogP contribution is 2.30. The maximum absolute atomic E-state index is 10.7. The van der Waals surface area contributed by atoms with E-state index in [2.05, 4.69) is 15.5 Å². The molecule has 1 aliphatic rings. The average Bonchev–Trinajstić information content (AvgIpc) is 2.86. The smallest absolute Gasteiger partial charge is 0.206 e. The van der Waals surface area contributed by atoms with Crippen molar-refractivity contribution < 1.29 is 4.79 Å². The molecule has 4 nitrogen and oxygen atoms in total. The lowest BCUT2D eigenvalue weighted by Gasteiger charge is -1.94. The lowest BCUT2D eigenvalue weighted by Crippen LogP contribution is -1.99. The van der Waals surface area contributed by atoms with Crippen molar-refractivity contribution in [3.63, 3.8) is 0 Å². The summed E-state index contributed by atoms with van der Waals surface area (Å²) < 4.78 is 0.944. The Morgan fingerprint density at radius 1 is 1.60 bits per heavy atom. The van der Waals surface area contributed by atoms with Crippen molar-refractivity contribution in [2.75, 3.05) is 11.1 Å². The molecule has 0 bridgehead atoms. The molecule has 1 aromatic rings. The van der Waals surface area contributed by atoms with Crippen LogP contribution in [0.2, 0.25) is 0 Å². The van der Waals surface area contributed by atoms with Gasteiger partial charge in [-0.1, -0.05) is 23.1 Å². The molecule has 0 amide bonds. The number of anilines is 1. The maximum atomic E-state index is 10.7. The van der Waals surface area contributed by atoms with Gasteiger partial charge < -0.3 is 5.32 Å². The Kier molecular flexibility index (Phi) is 3.58. The Balaban J connectivity index is 1.75. The zero-order valence-electron chi connectivity index (χ0n) is 8.52. The van der Waals surface area contributed by atoms with Gasteiger partial charge in [-0.3, -0.25) is 4.79 Å². The Hall–Kier alpha value is -0.620. The van der Waals surface area contributed by atoms with Crippen LogP contribution in [0.3, 0.4) is 0 Å². The molecule has 1 heterocycles. The molecule has 0 radical (unpaired) electrons. The van der Waals surface area contributed by atoms with Crippen LogP contribution in [0.1, 0.15) is 26.2 Å². The minimum atomic E-state index is 0.225. The van der Waals surface area contributed by atoms with Gasteiger partial charge in [-0.2, -0.15) is 0 Å². The van der Waals surface area contributed by atoms with E-state index in [0.717, 1.165) is 15.2 Å². The molecule has 2 rings (SSSR count). The zero-order valence-corrected chi connectivity index (χ0v) is 10.2. The van der Waals surface area contributed by atoms with E-state index in [1.807, 2.05) is 0 Å². The van der Waals surface area contributed by atoms with Crippen LogP contribution in [-0.4, -0.2) is 27.8 Å². The minimum absolute atomic E-state index is 0.225. The van der Waals surface area contributed by atoms with Crippen molar-refractivity contribution in [2.24, 2.45) is 0 Å². The van der Waals surface area contributed by atoms with Crippen molar-refractivity contribution in [2.45, 2.75) is 36.6 Å². The molecule has 0 unspecified atom stereocenters. The summed E-state index contributed by atoms with van der Waals surface area (Å²) in [6, 6.07) is 0.619. The van der Waals surface area contributed by atoms with Crippen LogP contribution >= 0.6 is 23.1 Å². The van der Waals surface area contributed by atoms with E-state index in [1.54, 1.807) is 30.0 Å². The number of nitrogens with zero attached hydrogens (tertiary/aromatic N) is 2. The number of carbonyl (C=O) groups excluding carboxylic acids is 1. The second kappa shape index (κ2) is 4.94. The molecule has 0 spiro atoms. The molecule has 1 fully saturated rings. The summed E-state index contributed by atoms with van der Waals surface area (Å²) in [5.41, 5.74) is 0. The normalized spacial score (nSPS) is 15.3. The first-order chi connectivity index (χ1) is 7.24. The van der Waals surface area contributed by atoms with E-state index in [9.17, 15) is 4.79 Å². The van der Waals surface area contributed by atoms with Crippen LogP contribution in [-0.2, 0) is 4.79 Å². The van der Waals surface area contributed by atoms with Crippen molar-refractivity contribution >= 4 is 34.0 Å². The standard InChI is InChI=1S/C9H13N3OS2/c1-6(13)4-5-14-9-12-11-8(15-9)10-7-2-3-7/h7H,2-5H2,1H3,(H,10,11). The monoisotopic (exact) mass is 243 g/mol. The molecular formula is C9H13N3OS2. The first kappa shape index (κ1) is 10.9. The lowest BCUT2D eigenvalue weighted by molar-refractivity contribution is -0.116. The van der Waals surface area contributed by atoms with E-state index < -0.39 is 0 Å². The average molecular weight is 243 g/mol. The van der Waals surface area contributed by atoms with Crippen molar-refractivity contribution in [3.05, 3.63) is 0 Å². The summed E-state index contributed by atoms with van der Waals surface area (Å²) in [5.74, 6) is 1.02. The zero-order chi connectivity index (χ0) is 10.7. The highest BCUT2D eigenvalue weighted by atomic mass is 32.2. The molecule has 1 aromatic heterocycles. The lowest BCUT2D eigenvalue weighted by atomic mass is 10.4. The largest absolute Gasteiger partial charge is 0.357 e. The fourth-order valence-corrected chi connectivity index (χ4v) is 2.95. The fourth-order valence-electron chi connectivity index (χ4n) is 1.01. The van der Waals surface area contributed by atoms with Crippen molar-refractivity contribution in [1.29, 1.82) is 0 Å². The summed E-state index contributed by atoms with van der Waals surface area (Å²) in [6.07, 6.45) is 3.09. The second-order valence-electron chi connectivity index (χ2n) is 3.59. The first-order valence-corrected chi connectivity index (χ1v) is 6.76. The molecule has 1 N–H and O–H groups in total. The van der Waals surface area contributed by atoms with E-state index in [4.69, 9.17) is 0 Å². The van der Waals surface area contributed by atoms with Crippen LogP contribution < -0.4 is 5.32 Å². The number of thioether (sulfide) groups is 1. The summed E-state index contributed by atoms with van der Waals surface area (Å²) >= 11 is 3.17. The van der Waals surface area contributed by atoms with Gasteiger partial charge in [-0.15, -0.1) is 10.2 Å². The molecule has 1 aliphatic carbocycles. The van der Waals surface area contributed by atoms with Gasteiger partial charge in [0, 0.05) is 18.2 Å². The molecule has 0 saturated heterocycles. The Bertz CT molecular complexity index is 349. The summed E-state index contributed by atoms with van der Waals surface area (Å²) in [5, 5.41) is 12.3. The van der Waals surface area contributed by atoms with Crippen LogP contribution in [0.25, 0.3) is 0 Å². The Morgan fingerprint density at radius 2 is 2.40 bits per heavy atom. The highest BCUT2D eigenvalue weighted by Gasteiger charge is 2.22. The summed E-state index contributed by atoms with van der Waals surface area (Å²) in [6.45, 7) is 1.61. The van der Waals surface area contributed by atoms with Crippen LogP contribution in [0.5, 0.6) is 0 Å². The Labute approximate surface area is 96.9 Å². The van der Waals surface area contributed by atoms with Crippen LogP contribution in [0, 0.1) is 0 Å². The van der Waals surface area contributed by atoms with Crippen molar-refractivity contribution in [3.8, 4) is 0 Å². The molecule has 0 aromatic carbocycles. The highest BCUT2D eigenvalue weighted by molar-refractivity contribution is 8.01. The molecule has 15 heavy (non-hydrogen) atoms. The Morgan fingerprint density at radius 3 is 3.07 bits per heavy atom. The van der Waals surface area contributed by atoms with Gasteiger partial charge in [0.2, 0.25) is 5.13 Å². The SMILES string of the molecule is CC(=O)CCSc1nnc(NC2CC2)s1. The maximum Gasteiger partial charge on any atom is 0.206 e. The minimum Gasteiger partial charge on any atom is -0.357 e. The molecule has 6 heteroatoms. The number of ketones is 1. The number of hydrogen-bond donors (Lipinski definition) is 1. The van der Waals surface area contributed by atoms with Gasteiger partial charge in [0.25, 0.3) is 0 Å². The third-order valence-corrected chi connectivity index (χ3v) is 3.98. The van der Waals surface area contributed by atoms with Gasteiger partial charge >= 0.3 is 0 Å². The van der Waals surface area contributed by atoms with E-state index in [0.29, 0.717) is 12.5 Å². The quantitative estimate of drug-likeness (QED) is 0.776. The molecule has 0 aliphatic heterocycles. The molecule has 0 atom stereocenters. The summed E-state index contributed by atoms with van der Waals surface area (Å²) in [4.78, 5) is 10.7. The molecule has 1 saturated carbocycles. The first-order valence-electron chi connectivity index (χ1n) is 4.96. The number of rotatable bonds is 6. The third kappa shape index (κ3) is 3.79. The van der Waals surface area contributed by atoms with E-state index in [1.165, 1.54) is 12.8 Å². The van der Waals surface area contributed by atoms with E-state index in [-0.39, 0.29) is 5.78 Å². The van der Waals surface area contributed by atoms with Crippen molar-refractivity contribution in [1.82, 2.24) is 10.2 Å². The predicted octanol–water partition coefficient (Wildman–Crippen LogP) is 2.18. The molecular weight excluding hydrogens is 230 g/mol. The van der Waals surface area contributed by atoms with Crippen LogP contribution in [0.4, 0.5) is 5.13 Å². The van der Waals surface area contributed by atoms with E-state index >= 15 is 0 Å². The number of hydrogen-bond acceptors (Lipinski definition) is 6. The van der Waals surface area contributed by atoms with Gasteiger partial charge in [-0.25, -0.2) is 0 Å². The number of nitrogens with one attached hydrogen (secondary N) is 1. The predicted molar refractivity (Wildman–Crippen MR) is 62.6 cm³/mol. The molecule has 82 valence electrons. The van der Waals surface area contributed by atoms with Gasteiger partial charge in [0.1, 0.15) is 5.78 Å². The number of carbonyl (C=O) groups is 1. The van der Waals surface area contributed by atoms with Gasteiger partial charge in [0.05, 0.1) is 0 Å². The number of Topliss-reactive ketones (excluding diaryl/α,β-unsaturated/α-hetero) is 1. The van der Waals surface area contributed by atoms with Gasteiger partial charge in [-0.05, 0) is 19.8 Å². The topological polar surface area (TPSA) is 54.9 Å². The second-order valence-corrected chi connectivity index (χ2v) is 5.91. The summed E-state index contributed by atoms with van der Waals surface area (Å²) in [7, 11) is 0. The van der Waals surface area contributed by atoms with Gasteiger partial charge in [0.15, 0.2) is 4.34 Å². The third-order valence-electron chi connectivity index (χ3n) is 1.99. The fraction of sp³-hybridized carbons (Fsp3) is 0.667. The number of aromatic nitrogens is 2. The van der Waals surface area contributed by atoms with Crippen LogP contribution in [0.15, 0.2) is 4.34 Å².